The van der Waals surface area contributed by atoms with E-state index in [1.165, 1.54) is 6.26 Å². The number of benzene rings is 1. The summed E-state index contributed by atoms with van der Waals surface area (Å²) in [6.45, 7) is 8.58. The van der Waals surface area contributed by atoms with Gasteiger partial charge in [0.25, 0.3) is 0 Å². The fourth-order valence-electron chi connectivity index (χ4n) is 4.50. The Morgan fingerprint density at radius 1 is 1.17 bits per heavy atom. The maximum Gasteiger partial charge on any atom is 0.222 e. The molecule has 4 heterocycles. The lowest BCUT2D eigenvalue weighted by Crippen LogP contribution is -2.28. The van der Waals surface area contributed by atoms with Gasteiger partial charge in [-0.1, -0.05) is 31.7 Å². The molecule has 0 bridgehead atoms. The highest BCUT2D eigenvalue weighted by Crippen LogP contribution is 2.27. The molecule has 9 heteroatoms. The Hall–Kier alpha value is -4.27. The van der Waals surface area contributed by atoms with Crippen LogP contribution in [0, 0.1) is 0 Å². The number of carbonyl (C=O) groups is 1. The molecular weight excluding hydrogens is 454 g/mol. The summed E-state index contributed by atoms with van der Waals surface area (Å²) in [7, 11) is 0. The Morgan fingerprint density at radius 2 is 2.06 bits per heavy atom. The number of hydrogen-bond acceptors (Lipinski definition) is 7. The SMILES string of the molecule is C=COc1ccccc1[C@H](C)CNc1cc(-c2cnc3c(cnn3CCN3CCCC3=O)c2)ncn1. The van der Waals surface area contributed by atoms with Crippen molar-refractivity contribution in [1.82, 2.24) is 29.6 Å². The molecule has 36 heavy (non-hydrogen) atoms. The Morgan fingerprint density at radius 3 is 2.89 bits per heavy atom. The molecule has 0 saturated carbocycles. The Labute approximate surface area is 209 Å². The summed E-state index contributed by atoms with van der Waals surface area (Å²) in [6.07, 6.45) is 8.19. The standard InChI is InChI=1S/C27H29N7O2/c1-3-36-24-8-5-4-7-22(24)19(2)15-28-25-14-23(30-18-31-25)20-13-21-17-32-34(27(21)29-16-20)12-11-33-10-6-9-26(33)35/h3-5,7-8,13-14,16-19H,1,6,9-12,15H2,2H3,(H,28,30,31)/t19-/m1/s1. The molecule has 1 aromatic carbocycles. The van der Waals surface area contributed by atoms with Crippen molar-refractivity contribution >= 4 is 22.8 Å². The number of ether oxygens (including phenoxy) is 1. The number of likely N-dealkylation sites (tertiary alicyclic amines) is 1. The molecular formula is C27H29N7O2. The maximum absolute atomic E-state index is 11.9. The minimum absolute atomic E-state index is 0.194. The minimum atomic E-state index is 0.194. The van der Waals surface area contributed by atoms with Gasteiger partial charge < -0.3 is 15.0 Å². The zero-order valence-corrected chi connectivity index (χ0v) is 20.3. The van der Waals surface area contributed by atoms with Crippen LogP contribution in [0.5, 0.6) is 5.75 Å². The quantitative estimate of drug-likeness (QED) is 0.337. The molecule has 4 aromatic rings. The highest BCUT2D eigenvalue weighted by molar-refractivity contribution is 5.80. The summed E-state index contributed by atoms with van der Waals surface area (Å²) in [6, 6.07) is 11.9. The van der Waals surface area contributed by atoms with Crippen LogP contribution in [0.2, 0.25) is 0 Å². The third-order valence-electron chi connectivity index (χ3n) is 6.44. The van der Waals surface area contributed by atoms with E-state index in [1.807, 2.05) is 46.1 Å². The molecule has 5 rings (SSSR count). The number of nitrogens with zero attached hydrogens (tertiary/aromatic N) is 6. The number of anilines is 1. The topological polar surface area (TPSA) is 98.1 Å². The van der Waals surface area contributed by atoms with E-state index in [-0.39, 0.29) is 11.8 Å². The van der Waals surface area contributed by atoms with E-state index in [9.17, 15) is 4.79 Å². The molecule has 0 unspecified atom stereocenters. The molecule has 9 nitrogen and oxygen atoms in total. The molecule has 1 N–H and O–H groups in total. The van der Waals surface area contributed by atoms with Crippen molar-refractivity contribution in [3.63, 3.8) is 0 Å². The lowest BCUT2D eigenvalue weighted by Gasteiger charge is -2.16. The summed E-state index contributed by atoms with van der Waals surface area (Å²) < 4.78 is 7.40. The third-order valence-corrected chi connectivity index (χ3v) is 6.44. The average molecular weight is 484 g/mol. The lowest BCUT2D eigenvalue weighted by molar-refractivity contribution is -0.127. The number of aromatic nitrogens is 5. The molecule has 1 fully saturated rings. The van der Waals surface area contributed by atoms with Crippen molar-refractivity contribution < 1.29 is 9.53 Å². The van der Waals surface area contributed by atoms with E-state index in [0.29, 0.717) is 26.1 Å². The van der Waals surface area contributed by atoms with E-state index in [0.717, 1.165) is 52.4 Å². The van der Waals surface area contributed by atoms with Crippen molar-refractivity contribution in [2.75, 3.05) is 25.0 Å². The van der Waals surface area contributed by atoms with Crippen LogP contribution in [0.15, 0.2) is 68.0 Å². The van der Waals surface area contributed by atoms with Gasteiger partial charge in [0.1, 0.15) is 17.9 Å². The molecule has 0 spiro atoms. The van der Waals surface area contributed by atoms with E-state index >= 15 is 0 Å². The number of amides is 1. The van der Waals surface area contributed by atoms with Crippen LogP contribution in [0.1, 0.15) is 31.2 Å². The van der Waals surface area contributed by atoms with Gasteiger partial charge in [0.2, 0.25) is 5.91 Å². The molecule has 1 atom stereocenters. The number of pyridine rings is 1. The van der Waals surface area contributed by atoms with Gasteiger partial charge in [0, 0.05) is 55.2 Å². The molecule has 1 amide bonds. The van der Waals surface area contributed by atoms with Gasteiger partial charge in [-0.15, -0.1) is 0 Å². The summed E-state index contributed by atoms with van der Waals surface area (Å²) in [5, 5.41) is 8.83. The van der Waals surface area contributed by atoms with Crippen molar-refractivity contribution in [3.8, 4) is 17.0 Å². The first-order valence-electron chi connectivity index (χ1n) is 12.1. The molecule has 184 valence electrons. The number of para-hydroxylation sites is 1. The van der Waals surface area contributed by atoms with Gasteiger partial charge in [0.15, 0.2) is 5.65 Å². The number of fused-ring (bicyclic) bond motifs is 1. The number of hydrogen-bond donors (Lipinski definition) is 1. The van der Waals surface area contributed by atoms with Crippen LogP contribution < -0.4 is 10.1 Å². The largest absolute Gasteiger partial charge is 0.465 e. The first-order chi connectivity index (χ1) is 17.6. The van der Waals surface area contributed by atoms with Crippen LogP contribution in [-0.2, 0) is 11.3 Å². The highest BCUT2D eigenvalue weighted by Gasteiger charge is 2.20. The van der Waals surface area contributed by atoms with Crippen LogP contribution in [0.25, 0.3) is 22.3 Å². The Bertz CT molecular complexity index is 1380. The summed E-state index contributed by atoms with van der Waals surface area (Å²) >= 11 is 0. The average Bonchev–Trinajstić information content (AvgIpc) is 3.51. The number of carbonyl (C=O) groups excluding carboxylic acids is 1. The minimum Gasteiger partial charge on any atom is -0.465 e. The normalized spacial score (nSPS) is 14.2. The zero-order chi connectivity index (χ0) is 24.9. The molecule has 3 aromatic heterocycles. The van der Waals surface area contributed by atoms with Crippen LogP contribution in [0.4, 0.5) is 5.82 Å². The fourth-order valence-corrected chi connectivity index (χ4v) is 4.50. The Kier molecular flexibility index (Phi) is 6.88. The van der Waals surface area contributed by atoms with Crippen LogP contribution >= 0.6 is 0 Å². The smallest absolute Gasteiger partial charge is 0.222 e. The van der Waals surface area contributed by atoms with Crippen molar-refractivity contribution in [2.45, 2.75) is 32.2 Å². The van der Waals surface area contributed by atoms with Gasteiger partial charge in [0.05, 0.1) is 24.7 Å². The second kappa shape index (κ2) is 10.6. The first-order valence-corrected chi connectivity index (χ1v) is 12.1. The van der Waals surface area contributed by atoms with Crippen molar-refractivity contribution in [3.05, 3.63) is 73.5 Å². The molecule has 1 saturated heterocycles. The van der Waals surface area contributed by atoms with Gasteiger partial charge in [-0.05, 0) is 24.1 Å². The highest BCUT2D eigenvalue weighted by atomic mass is 16.5. The molecule has 1 aliphatic heterocycles. The van der Waals surface area contributed by atoms with Gasteiger partial charge in [-0.2, -0.15) is 5.10 Å². The summed E-state index contributed by atoms with van der Waals surface area (Å²) in [5.74, 6) is 1.95. The zero-order valence-electron chi connectivity index (χ0n) is 20.3. The van der Waals surface area contributed by atoms with E-state index in [2.05, 4.69) is 44.9 Å². The second-order valence-corrected chi connectivity index (χ2v) is 8.88. The lowest BCUT2D eigenvalue weighted by atomic mass is 10.00. The van der Waals surface area contributed by atoms with Gasteiger partial charge in [-0.25, -0.2) is 19.6 Å². The Balaban J connectivity index is 1.27. The maximum atomic E-state index is 11.9. The molecule has 0 aliphatic carbocycles. The summed E-state index contributed by atoms with van der Waals surface area (Å²) in [4.78, 5) is 27.3. The monoisotopic (exact) mass is 483 g/mol. The second-order valence-electron chi connectivity index (χ2n) is 8.88. The van der Waals surface area contributed by atoms with Crippen molar-refractivity contribution in [1.29, 1.82) is 0 Å². The van der Waals surface area contributed by atoms with E-state index < -0.39 is 0 Å². The van der Waals surface area contributed by atoms with Gasteiger partial charge in [-0.3, -0.25) is 4.79 Å². The van der Waals surface area contributed by atoms with E-state index in [1.54, 1.807) is 12.5 Å². The predicted octanol–water partition coefficient (Wildman–Crippen LogP) is 4.25. The predicted molar refractivity (Wildman–Crippen MR) is 139 cm³/mol. The fraction of sp³-hybridized carbons (Fsp3) is 0.296. The van der Waals surface area contributed by atoms with Crippen molar-refractivity contribution in [2.24, 2.45) is 0 Å². The third kappa shape index (κ3) is 5.05. The van der Waals surface area contributed by atoms with Gasteiger partial charge >= 0.3 is 0 Å². The van der Waals surface area contributed by atoms with E-state index in [4.69, 9.17) is 4.74 Å². The molecule has 0 radical (unpaired) electrons. The first kappa shape index (κ1) is 23.5. The van der Waals surface area contributed by atoms with Crippen LogP contribution in [-0.4, -0.2) is 55.2 Å². The van der Waals surface area contributed by atoms with Crippen LogP contribution in [0.3, 0.4) is 0 Å². The number of nitrogens with one attached hydrogen (secondary N) is 1. The number of rotatable bonds is 10. The summed E-state index contributed by atoms with van der Waals surface area (Å²) in [5.41, 5.74) is 3.56. The molecule has 1 aliphatic rings.